The summed E-state index contributed by atoms with van der Waals surface area (Å²) < 4.78 is 5.41. The second-order valence-corrected chi connectivity index (χ2v) is 7.06. The third kappa shape index (κ3) is 2.70. The van der Waals surface area contributed by atoms with E-state index in [-0.39, 0.29) is 6.04 Å². The molecule has 1 atom stereocenters. The first-order valence-corrected chi connectivity index (χ1v) is 9.27. The van der Waals surface area contributed by atoms with Gasteiger partial charge in [0.1, 0.15) is 11.8 Å². The lowest BCUT2D eigenvalue weighted by molar-refractivity contribution is 0.570. The largest absolute Gasteiger partial charge is 0.442 e. The minimum Gasteiger partial charge on any atom is -0.442 e. The van der Waals surface area contributed by atoms with E-state index in [0.717, 1.165) is 58.5 Å². The van der Waals surface area contributed by atoms with Crippen LogP contribution in [0.2, 0.25) is 0 Å². The van der Waals surface area contributed by atoms with Crippen molar-refractivity contribution in [1.29, 1.82) is 5.26 Å². The van der Waals surface area contributed by atoms with Gasteiger partial charge in [-0.3, -0.25) is 10.1 Å². The maximum absolute atomic E-state index is 9.28. The maximum Gasteiger partial charge on any atom is 0.181 e. The van der Waals surface area contributed by atoms with Gasteiger partial charge >= 0.3 is 0 Å². The molecule has 0 fully saturated rings. The van der Waals surface area contributed by atoms with E-state index in [4.69, 9.17) is 9.40 Å². The van der Waals surface area contributed by atoms with E-state index in [1.165, 1.54) is 6.39 Å². The van der Waals surface area contributed by atoms with Gasteiger partial charge in [0, 0.05) is 11.1 Å². The molecule has 0 radical (unpaired) electrons. The average Bonchev–Trinajstić information content (AvgIpc) is 3.37. The van der Waals surface area contributed by atoms with Crippen LogP contribution in [0, 0.1) is 18.3 Å². The Bertz CT molecular complexity index is 1200. The molecule has 28 heavy (non-hydrogen) atoms. The number of hydrogen-bond acceptors (Lipinski definition) is 6. The van der Waals surface area contributed by atoms with E-state index in [9.17, 15) is 5.26 Å². The predicted octanol–water partition coefficient (Wildman–Crippen LogP) is 4.28. The van der Waals surface area contributed by atoms with Gasteiger partial charge in [-0.1, -0.05) is 0 Å². The number of aromatic amines is 1. The van der Waals surface area contributed by atoms with Crippen LogP contribution in [0.5, 0.6) is 0 Å². The molecule has 0 saturated heterocycles. The molecule has 0 unspecified atom stereocenters. The SMILES string of the molecule is Cc1nc2c(cc1C#N)CCC[C@@H]2Nc1ccc2[nH]nc(-c3cnco3)c2c1. The Morgan fingerprint density at radius 3 is 3.07 bits per heavy atom. The van der Waals surface area contributed by atoms with E-state index >= 15 is 0 Å². The summed E-state index contributed by atoms with van der Waals surface area (Å²) in [6.45, 7) is 1.89. The number of nitrogens with zero attached hydrogens (tertiary/aromatic N) is 4. The topological polar surface area (TPSA) is 103 Å². The quantitative estimate of drug-likeness (QED) is 0.558. The number of hydrogen-bond donors (Lipinski definition) is 2. The smallest absolute Gasteiger partial charge is 0.181 e. The van der Waals surface area contributed by atoms with Crippen molar-refractivity contribution in [3.05, 3.63) is 59.4 Å². The molecule has 1 aliphatic rings. The number of aromatic nitrogens is 4. The van der Waals surface area contributed by atoms with Crippen molar-refractivity contribution < 1.29 is 4.42 Å². The van der Waals surface area contributed by atoms with Gasteiger partial charge in [0.25, 0.3) is 0 Å². The third-order valence-electron chi connectivity index (χ3n) is 5.28. The molecule has 0 aliphatic heterocycles. The summed E-state index contributed by atoms with van der Waals surface area (Å²) in [4.78, 5) is 8.73. The molecule has 0 saturated carbocycles. The van der Waals surface area contributed by atoms with Gasteiger partial charge in [-0.2, -0.15) is 10.4 Å². The summed E-state index contributed by atoms with van der Waals surface area (Å²) in [5, 5.41) is 21.3. The van der Waals surface area contributed by atoms with E-state index in [0.29, 0.717) is 11.3 Å². The summed E-state index contributed by atoms with van der Waals surface area (Å²) in [5.41, 5.74) is 6.34. The van der Waals surface area contributed by atoms with Gasteiger partial charge in [0.05, 0.1) is 34.7 Å². The second-order valence-electron chi connectivity index (χ2n) is 7.06. The monoisotopic (exact) mass is 370 g/mol. The fourth-order valence-corrected chi connectivity index (χ4v) is 3.88. The van der Waals surface area contributed by atoms with Gasteiger partial charge in [-0.25, -0.2) is 4.98 Å². The van der Waals surface area contributed by atoms with Crippen molar-refractivity contribution in [3.63, 3.8) is 0 Å². The first-order chi connectivity index (χ1) is 13.7. The van der Waals surface area contributed by atoms with Crippen LogP contribution < -0.4 is 5.32 Å². The molecule has 3 aromatic heterocycles. The zero-order chi connectivity index (χ0) is 19.1. The summed E-state index contributed by atoms with van der Waals surface area (Å²) in [6, 6.07) is 10.5. The number of nitriles is 1. The van der Waals surface area contributed by atoms with Crippen molar-refractivity contribution in [2.75, 3.05) is 5.32 Å². The molecular formula is C21H18N6O. The molecule has 1 aliphatic carbocycles. The number of nitrogens with one attached hydrogen (secondary N) is 2. The van der Waals surface area contributed by atoms with E-state index in [1.54, 1.807) is 6.20 Å². The lowest BCUT2D eigenvalue weighted by Crippen LogP contribution is -2.20. The van der Waals surface area contributed by atoms with E-state index in [2.05, 4.69) is 32.6 Å². The Labute approximate surface area is 161 Å². The Hall–Kier alpha value is -3.66. The number of benzene rings is 1. The number of rotatable bonds is 3. The van der Waals surface area contributed by atoms with Crippen LogP contribution in [0.25, 0.3) is 22.4 Å². The van der Waals surface area contributed by atoms with Crippen LogP contribution in [0.3, 0.4) is 0 Å². The van der Waals surface area contributed by atoms with E-state index < -0.39 is 0 Å². The number of anilines is 1. The van der Waals surface area contributed by atoms with Crippen molar-refractivity contribution in [3.8, 4) is 17.5 Å². The number of aryl methyl sites for hydroxylation is 2. The highest BCUT2D eigenvalue weighted by atomic mass is 16.3. The average molecular weight is 370 g/mol. The standard InChI is InChI=1S/C21H18N6O/c1-12-14(9-22)7-13-3-2-4-18(20(13)24-12)25-15-5-6-17-16(8-15)21(27-26-17)19-10-23-11-28-19/h5-8,10-11,18,25H,2-4H2,1H3,(H,26,27)/t18-/m0/s1. The molecule has 0 spiro atoms. The van der Waals surface area contributed by atoms with Crippen LogP contribution >= 0.6 is 0 Å². The van der Waals surface area contributed by atoms with Gasteiger partial charge < -0.3 is 9.73 Å². The molecular weight excluding hydrogens is 352 g/mol. The highest BCUT2D eigenvalue weighted by Gasteiger charge is 2.23. The van der Waals surface area contributed by atoms with Crippen molar-refractivity contribution in [2.45, 2.75) is 32.2 Å². The minimum absolute atomic E-state index is 0.119. The number of fused-ring (bicyclic) bond motifs is 2. The Balaban J connectivity index is 1.51. The number of oxazole rings is 1. The van der Waals surface area contributed by atoms with Crippen molar-refractivity contribution in [2.24, 2.45) is 0 Å². The lowest BCUT2D eigenvalue weighted by atomic mass is 9.90. The van der Waals surface area contributed by atoms with Crippen LogP contribution in [-0.4, -0.2) is 20.2 Å². The maximum atomic E-state index is 9.28. The van der Waals surface area contributed by atoms with Crippen LogP contribution in [-0.2, 0) is 6.42 Å². The van der Waals surface area contributed by atoms with Crippen molar-refractivity contribution >= 4 is 16.6 Å². The van der Waals surface area contributed by atoms with Crippen LogP contribution in [0.1, 0.15) is 41.4 Å². The van der Waals surface area contributed by atoms with Crippen LogP contribution in [0.4, 0.5) is 5.69 Å². The van der Waals surface area contributed by atoms with Gasteiger partial charge in [-0.15, -0.1) is 0 Å². The molecule has 7 nitrogen and oxygen atoms in total. The summed E-state index contributed by atoms with van der Waals surface area (Å²) in [5.74, 6) is 0.632. The third-order valence-corrected chi connectivity index (χ3v) is 5.28. The Morgan fingerprint density at radius 2 is 2.25 bits per heavy atom. The van der Waals surface area contributed by atoms with Crippen molar-refractivity contribution in [1.82, 2.24) is 20.2 Å². The molecule has 2 N–H and O–H groups in total. The highest BCUT2D eigenvalue weighted by molar-refractivity contribution is 5.93. The Morgan fingerprint density at radius 1 is 1.32 bits per heavy atom. The van der Waals surface area contributed by atoms with E-state index in [1.807, 2.05) is 25.1 Å². The molecule has 5 rings (SSSR count). The molecule has 7 heteroatoms. The lowest BCUT2D eigenvalue weighted by Gasteiger charge is -2.27. The molecule has 0 bridgehead atoms. The summed E-state index contributed by atoms with van der Waals surface area (Å²) >= 11 is 0. The fourth-order valence-electron chi connectivity index (χ4n) is 3.88. The first-order valence-electron chi connectivity index (χ1n) is 9.27. The summed E-state index contributed by atoms with van der Waals surface area (Å²) in [7, 11) is 0. The summed E-state index contributed by atoms with van der Waals surface area (Å²) in [6.07, 6.45) is 6.10. The van der Waals surface area contributed by atoms with Crippen LogP contribution in [0.15, 0.2) is 41.3 Å². The zero-order valence-electron chi connectivity index (χ0n) is 15.4. The highest BCUT2D eigenvalue weighted by Crippen LogP contribution is 2.34. The molecule has 138 valence electrons. The predicted molar refractivity (Wildman–Crippen MR) is 105 cm³/mol. The van der Waals surface area contributed by atoms with Gasteiger partial charge in [0.15, 0.2) is 12.2 Å². The molecule has 3 heterocycles. The van der Waals surface area contributed by atoms with Gasteiger partial charge in [-0.05, 0) is 56.0 Å². The number of pyridine rings is 1. The normalized spacial score (nSPS) is 15.9. The van der Waals surface area contributed by atoms with Gasteiger partial charge in [0.2, 0.25) is 0 Å². The fraction of sp³-hybridized carbons (Fsp3) is 0.238. The minimum atomic E-state index is 0.119. The molecule has 1 aromatic carbocycles. The molecule has 4 aromatic rings. The first kappa shape index (κ1) is 16.5. The molecule has 0 amide bonds. The Kier molecular flexibility index (Phi) is 3.83. The second kappa shape index (κ2) is 6.50. The number of H-pyrrole nitrogens is 1. The zero-order valence-corrected chi connectivity index (χ0v) is 15.4.